The van der Waals surface area contributed by atoms with Gasteiger partial charge >= 0.3 is 6.03 Å². The largest absolute Gasteiger partial charge is 0.383 e. The van der Waals surface area contributed by atoms with Gasteiger partial charge < -0.3 is 15.0 Å². The number of carbonyl (C=O) groups excluding carboxylic acids is 2. The number of piperidine rings is 1. The number of rotatable bonds is 10. The van der Waals surface area contributed by atoms with E-state index >= 15 is 0 Å². The fourth-order valence-corrected chi connectivity index (χ4v) is 5.26. The molecule has 2 atom stereocenters. The fraction of sp³-hybridized carbons (Fsp3) is 0.560. The number of nitrogens with one attached hydrogen (secondary N) is 1. The van der Waals surface area contributed by atoms with Gasteiger partial charge in [-0.1, -0.05) is 12.1 Å². The summed E-state index contributed by atoms with van der Waals surface area (Å²) in [5.74, 6) is -0.529. The maximum atomic E-state index is 13.7. The molecular formula is C25H34FN5O3. The SMILES string of the molecule is COCCN1C(=O)N[C@](Cc2ccc(F)cc2)(C2CCN([C@@H](C)CCn3cccn3)CC2)C1=O. The summed E-state index contributed by atoms with van der Waals surface area (Å²) in [4.78, 5) is 30.2. The number of hydrogen-bond acceptors (Lipinski definition) is 5. The van der Waals surface area contributed by atoms with Gasteiger partial charge in [0.1, 0.15) is 11.4 Å². The number of aromatic nitrogens is 2. The van der Waals surface area contributed by atoms with Crippen molar-refractivity contribution in [2.45, 2.75) is 50.7 Å². The van der Waals surface area contributed by atoms with Crippen LogP contribution in [0.1, 0.15) is 31.7 Å². The van der Waals surface area contributed by atoms with E-state index in [1.165, 1.54) is 17.0 Å². The summed E-state index contributed by atoms with van der Waals surface area (Å²) in [6.07, 6.45) is 6.71. The van der Waals surface area contributed by atoms with E-state index in [1.807, 2.05) is 16.9 Å². The Bertz CT molecular complexity index is 959. The molecule has 0 spiro atoms. The molecule has 2 saturated heterocycles. The van der Waals surface area contributed by atoms with Crippen molar-refractivity contribution < 1.29 is 18.7 Å². The molecule has 0 radical (unpaired) electrons. The van der Waals surface area contributed by atoms with E-state index in [4.69, 9.17) is 4.74 Å². The first-order chi connectivity index (χ1) is 16.4. The van der Waals surface area contributed by atoms with Gasteiger partial charge in [-0.05, 0) is 69.0 Å². The van der Waals surface area contributed by atoms with Crippen molar-refractivity contribution in [1.82, 2.24) is 24.9 Å². The van der Waals surface area contributed by atoms with E-state index in [9.17, 15) is 14.0 Å². The average Bonchev–Trinajstić information content (AvgIpc) is 3.45. The summed E-state index contributed by atoms with van der Waals surface area (Å²) >= 11 is 0. The summed E-state index contributed by atoms with van der Waals surface area (Å²) in [7, 11) is 1.55. The van der Waals surface area contributed by atoms with E-state index in [2.05, 4.69) is 22.2 Å². The molecular weight excluding hydrogens is 437 g/mol. The smallest absolute Gasteiger partial charge is 0.325 e. The Morgan fingerprint density at radius 1 is 1.21 bits per heavy atom. The first-order valence-electron chi connectivity index (χ1n) is 12.0. The van der Waals surface area contributed by atoms with E-state index in [0.717, 1.165) is 44.5 Å². The normalized spacial score (nSPS) is 22.9. The molecule has 0 saturated carbocycles. The van der Waals surface area contributed by atoms with Crippen LogP contribution in [0, 0.1) is 11.7 Å². The van der Waals surface area contributed by atoms with Crippen LogP contribution >= 0.6 is 0 Å². The molecule has 0 bridgehead atoms. The number of ether oxygens (including phenoxy) is 1. The Balaban J connectivity index is 1.47. The third kappa shape index (κ3) is 5.15. The Morgan fingerprint density at radius 3 is 2.59 bits per heavy atom. The van der Waals surface area contributed by atoms with Gasteiger partial charge in [0.25, 0.3) is 5.91 Å². The van der Waals surface area contributed by atoms with Crippen LogP contribution in [0.2, 0.25) is 0 Å². The summed E-state index contributed by atoms with van der Waals surface area (Å²) in [6, 6.07) is 8.14. The topological polar surface area (TPSA) is 79.7 Å². The van der Waals surface area contributed by atoms with Crippen molar-refractivity contribution in [2.75, 3.05) is 33.4 Å². The van der Waals surface area contributed by atoms with Crippen molar-refractivity contribution in [2.24, 2.45) is 5.92 Å². The third-order valence-electron chi connectivity index (χ3n) is 7.30. The van der Waals surface area contributed by atoms with Crippen LogP contribution in [0.15, 0.2) is 42.7 Å². The maximum absolute atomic E-state index is 13.7. The highest BCUT2D eigenvalue weighted by atomic mass is 19.1. The molecule has 34 heavy (non-hydrogen) atoms. The molecule has 1 aromatic carbocycles. The number of aryl methyl sites for hydroxylation is 1. The van der Waals surface area contributed by atoms with Gasteiger partial charge in [-0.15, -0.1) is 0 Å². The lowest BCUT2D eigenvalue weighted by Crippen LogP contribution is -2.58. The summed E-state index contributed by atoms with van der Waals surface area (Å²) < 4.78 is 20.5. The second-order valence-corrected chi connectivity index (χ2v) is 9.37. The number of halogens is 1. The van der Waals surface area contributed by atoms with Crippen molar-refractivity contribution >= 4 is 11.9 Å². The average molecular weight is 472 g/mol. The number of likely N-dealkylation sites (tertiary alicyclic amines) is 1. The molecule has 2 fully saturated rings. The molecule has 8 nitrogen and oxygen atoms in total. The number of imide groups is 1. The Morgan fingerprint density at radius 2 is 1.94 bits per heavy atom. The molecule has 2 aliphatic heterocycles. The van der Waals surface area contributed by atoms with Gasteiger partial charge in [-0.3, -0.25) is 14.4 Å². The highest BCUT2D eigenvalue weighted by Crippen LogP contribution is 2.37. The highest BCUT2D eigenvalue weighted by Gasteiger charge is 2.55. The first-order valence-corrected chi connectivity index (χ1v) is 12.0. The maximum Gasteiger partial charge on any atom is 0.325 e. The minimum Gasteiger partial charge on any atom is -0.383 e. The van der Waals surface area contributed by atoms with Crippen LogP contribution in [0.4, 0.5) is 9.18 Å². The lowest BCUT2D eigenvalue weighted by molar-refractivity contribution is -0.134. The monoisotopic (exact) mass is 471 g/mol. The van der Waals surface area contributed by atoms with Crippen LogP contribution in [-0.4, -0.2) is 76.5 Å². The highest BCUT2D eigenvalue weighted by molar-refractivity contribution is 6.07. The lowest BCUT2D eigenvalue weighted by Gasteiger charge is -2.42. The molecule has 3 amide bonds. The van der Waals surface area contributed by atoms with Crippen LogP contribution < -0.4 is 5.32 Å². The molecule has 2 aliphatic rings. The number of amides is 3. The van der Waals surface area contributed by atoms with Gasteiger partial charge in [0.15, 0.2) is 0 Å². The standard InChI is InChI=1S/C25H34FN5O3/c1-19(8-15-30-12-3-11-27-30)29-13-9-21(10-14-29)25(18-20-4-6-22(26)7-5-20)23(32)31(16-17-34-2)24(33)28-25/h3-7,11-12,19,21H,8-10,13-18H2,1-2H3,(H,28,33)/t19-,25+/m0/s1. The van der Waals surface area contributed by atoms with E-state index in [1.54, 1.807) is 25.4 Å². The fourth-order valence-electron chi connectivity index (χ4n) is 5.26. The van der Waals surface area contributed by atoms with Crippen molar-refractivity contribution in [3.05, 3.63) is 54.1 Å². The molecule has 1 N–H and O–H groups in total. The van der Waals surface area contributed by atoms with Gasteiger partial charge in [-0.2, -0.15) is 5.10 Å². The molecule has 9 heteroatoms. The Labute approximate surface area is 200 Å². The zero-order chi connectivity index (χ0) is 24.1. The van der Waals surface area contributed by atoms with Crippen molar-refractivity contribution in [3.63, 3.8) is 0 Å². The number of carbonyl (C=O) groups is 2. The number of hydrogen-bond donors (Lipinski definition) is 1. The quantitative estimate of drug-likeness (QED) is 0.539. The number of nitrogens with zero attached hydrogens (tertiary/aromatic N) is 4. The number of urea groups is 1. The van der Waals surface area contributed by atoms with Crippen LogP contribution in [0.25, 0.3) is 0 Å². The van der Waals surface area contributed by atoms with E-state index < -0.39 is 5.54 Å². The van der Waals surface area contributed by atoms with Crippen LogP contribution in [0.5, 0.6) is 0 Å². The van der Waals surface area contributed by atoms with E-state index in [-0.39, 0.29) is 36.8 Å². The van der Waals surface area contributed by atoms with Crippen LogP contribution in [-0.2, 0) is 22.5 Å². The van der Waals surface area contributed by atoms with Gasteiger partial charge in [-0.25, -0.2) is 9.18 Å². The molecule has 2 aromatic rings. The van der Waals surface area contributed by atoms with Gasteiger partial charge in [0.2, 0.25) is 0 Å². The zero-order valence-corrected chi connectivity index (χ0v) is 20.0. The van der Waals surface area contributed by atoms with Crippen molar-refractivity contribution in [3.8, 4) is 0 Å². The van der Waals surface area contributed by atoms with Crippen LogP contribution in [0.3, 0.4) is 0 Å². The minimum atomic E-state index is -1.02. The second kappa shape index (κ2) is 10.7. The first kappa shape index (κ1) is 24.3. The molecule has 0 unspecified atom stereocenters. The summed E-state index contributed by atoms with van der Waals surface area (Å²) in [5.41, 5.74) is -0.189. The molecule has 184 valence electrons. The Hall–Kier alpha value is -2.78. The molecule has 3 heterocycles. The van der Waals surface area contributed by atoms with Gasteiger partial charge in [0.05, 0.1) is 13.2 Å². The summed E-state index contributed by atoms with van der Waals surface area (Å²) in [5, 5.41) is 7.33. The third-order valence-corrected chi connectivity index (χ3v) is 7.30. The predicted molar refractivity (Wildman–Crippen MR) is 126 cm³/mol. The lowest BCUT2D eigenvalue weighted by atomic mass is 9.73. The number of benzene rings is 1. The second-order valence-electron chi connectivity index (χ2n) is 9.37. The van der Waals surface area contributed by atoms with E-state index in [0.29, 0.717) is 12.5 Å². The number of methoxy groups -OCH3 is 1. The predicted octanol–water partition coefficient (Wildman–Crippen LogP) is 2.69. The van der Waals surface area contributed by atoms with Crippen molar-refractivity contribution in [1.29, 1.82) is 0 Å². The Kier molecular flexibility index (Phi) is 7.63. The molecule has 1 aromatic heterocycles. The van der Waals surface area contributed by atoms with Gasteiger partial charge in [0, 0.05) is 38.5 Å². The molecule has 0 aliphatic carbocycles. The summed E-state index contributed by atoms with van der Waals surface area (Å²) in [6.45, 7) is 5.32. The molecule has 4 rings (SSSR count). The minimum absolute atomic E-state index is 0.00360. The zero-order valence-electron chi connectivity index (χ0n) is 20.0.